The molecule has 0 aliphatic heterocycles. The van der Waals surface area contributed by atoms with E-state index in [-0.39, 0.29) is 5.56 Å². The van der Waals surface area contributed by atoms with Gasteiger partial charge in [0.15, 0.2) is 11.6 Å². The van der Waals surface area contributed by atoms with Crippen LogP contribution in [0.1, 0.15) is 18.6 Å². The van der Waals surface area contributed by atoms with E-state index in [4.69, 9.17) is 0 Å². The van der Waals surface area contributed by atoms with Crippen LogP contribution in [-0.2, 0) is 0 Å². The molecule has 0 unspecified atom stereocenters. The number of rotatable bonds is 4. The Morgan fingerprint density at radius 3 is 2.45 bits per heavy atom. The first-order valence-electron chi connectivity index (χ1n) is 5.84. The van der Waals surface area contributed by atoms with Crippen LogP contribution in [0.5, 0.6) is 0 Å². The minimum Gasteiger partial charge on any atom is -0.386 e. The van der Waals surface area contributed by atoms with Gasteiger partial charge in [0, 0.05) is 12.4 Å². The van der Waals surface area contributed by atoms with Gasteiger partial charge in [0.05, 0.1) is 16.6 Å². The summed E-state index contributed by atoms with van der Waals surface area (Å²) in [6, 6.07) is 2.82. The maximum atomic E-state index is 13.1. The van der Waals surface area contributed by atoms with Gasteiger partial charge in [-0.3, -0.25) is 0 Å². The van der Waals surface area contributed by atoms with Gasteiger partial charge in [0.25, 0.3) is 0 Å². The van der Waals surface area contributed by atoms with Crippen LogP contribution >= 0.6 is 15.9 Å². The smallest absolute Gasteiger partial charge is 0.222 e. The maximum absolute atomic E-state index is 13.1. The van der Waals surface area contributed by atoms with Gasteiger partial charge in [-0.1, -0.05) is 6.07 Å². The standard InChI is InChI=1S/C13H12BrF2N3O/c1-7(19-13-17-5-9(14)6-18-13)12(20)8-2-3-10(15)11(16)4-8/h2-7,12,20H,1H3,(H,17,18,19)/t7-,12+/m1/s1. The van der Waals surface area contributed by atoms with Gasteiger partial charge in [-0.15, -0.1) is 0 Å². The molecule has 20 heavy (non-hydrogen) atoms. The summed E-state index contributed by atoms with van der Waals surface area (Å²) in [6.45, 7) is 1.69. The summed E-state index contributed by atoms with van der Waals surface area (Å²) in [4.78, 5) is 8.02. The van der Waals surface area contributed by atoms with Gasteiger partial charge in [-0.25, -0.2) is 18.7 Å². The number of aromatic nitrogens is 2. The lowest BCUT2D eigenvalue weighted by Crippen LogP contribution is -2.25. The largest absolute Gasteiger partial charge is 0.386 e. The van der Waals surface area contributed by atoms with Crippen LogP contribution in [0.3, 0.4) is 0 Å². The molecule has 2 atom stereocenters. The first-order chi connectivity index (χ1) is 9.47. The van der Waals surface area contributed by atoms with Crippen LogP contribution < -0.4 is 5.32 Å². The van der Waals surface area contributed by atoms with Crippen molar-refractivity contribution in [2.75, 3.05) is 5.32 Å². The second-order valence-corrected chi connectivity index (χ2v) is 5.19. The van der Waals surface area contributed by atoms with Crippen LogP contribution in [0.2, 0.25) is 0 Å². The fourth-order valence-electron chi connectivity index (χ4n) is 1.65. The number of aliphatic hydroxyl groups is 1. The van der Waals surface area contributed by atoms with Crippen molar-refractivity contribution in [3.05, 3.63) is 52.3 Å². The second-order valence-electron chi connectivity index (χ2n) is 4.28. The van der Waals surface area contributed by atoms with Crippen LogP contribution in [0.25, 0.3) is 0 Å². The van der Waals surface area contributed by atoms with Gasteiger partial charge in [0.2, 0.25) is 5.95 Å². The third kappa shape index (κ3) is 3.49. The van der Waals surface area contributed by atoms with Gasteiger partial charge in [-0.2, -0.15) is 0 Å². The van der Waals surface area contributed by atoms with E-state index < -0.39 is 23.8 Å². The van der Waals surface area contributed by atoms with Crippen LogP contribution in [0.15, 0.2) is 35.1 Å². The molecule has 0 amide bonds. The lowest BCUT2D eigenvalue weighted by Gasteiger charge is -2.20. The molecule has 2 rings (SSSR count). The van der Waals surface area contributed by atoms with Gasteiger partial charge < -0.3 is 10.4 Å². The van der Waals surface area contributed by atoms with E-state index in [1.807, 2.05) is 0 Å². The lowest BCUT2D eigenvalue weighted by molar-refractivity contribution is 0.160. The summed E-state index contributed by atoms with van der Waals surface area (Å²) < 4.78 is 26.7. The SMILES string of the molecule is C[C@@H](Nc1ncc(Br)cn1)[C@H](O)c1ccc(F)c(F)c1. The molecule has 0 radical (unpaired) electrons. The first-order valence-corrected chi connectivity index (χ1v) is 6.64. The average Bonchev–Trinajstić information content (AvgIpc) is 2.43. The quantitative estimate of drug-likeness (QED) is 0.895. The molecule has 0 spiro atoms. The normalized spacial score (nSPS) is 13.8. The number of hydrogen-bond donors (Lipinski definition) is 2. The zero-order chi connectivity index (χ0) is 14.7. The summed E-state index contributed by atoms with van der Waals surface area (Å²) in [5.74, 6) is -1.60. The van der Waals surface area contributed by atoms with Gasteiger partial charge >= 0.3 is 0 Å². The molecule has 0 saturated heterocycles. The number of hydrogen-bond acceptors (Lipinski definition) is 4. The Kier molecular flexibility index (Phi) is 4.61. The predicted molar refractivity (Wildman–Crippen MR) is 74.1 cm³/mol. The molecule has 0 bridgehead atoms. The van der Waals surface area contributed by atoms with E-state index in [9.17, 15) is 13.9 Å². The Labute approximate surface area is 123 Å². The number of benzene rings is 1. The number of halogens is 3. The average molecular weight is 344 g/mol. The predicted octanol–water partition coefficient (Wildman–Crippen LogP) is 3.05. The molecule has 0 aliphatic carbocycles. The van der Waals surface area contributed by atoms with Gasteiger partial charge in [-0.05, 0) is 40.5 Å². The van der Waals surface area contributed by atoms with E-state index in [1.54, 1.807) is 19.3 Å². The molecule has 1 aromatic heterocycles. The molecule has 4 nitrogen and oxygen atoms in total. The van der Waals surface area contributed by atoms with Crippen molar-refractivity contribution in [3.8, 4) is 0 Å². The van der Waals surface area contributed by atoms with Crippen molar-refractivity contribution in [1.82, 2.24) is 9.97 Å². The fourth-order valence-corrected chi connectivity index (χ4v) is 1.86. The molecule has 2 N–H and O–H groups in total. The maximum Gasteiger partial charge on any atom is 0.222 e. The van der Waals surface area contributed by atoms with Crippen molar-refractivity contribution in [2.45, 2.75) is 19.1 Å². The Balaban J connectivity index is 2.09. The second kappa shape index (κ2) is 6.23. The van der Waals surface area contributed by atoms with E-state index in [2.05, 4.69) is 31.2 Å². The minimum absolute atomic E-state index is 0.279. The van der Waals surface area contributed by atoms with Crippen LogP contribution in [0.4, 0.5) is 14.7 Å². The van der Waals surface area contributed by atoms with Crippen LogP contribution in [0, 0.1) is 11.6 Å². The molecule has 1 heterocycles. The molecular formula is C13H12BrF2N3O. The highest BCUT2D eigenvalue weighted by Crippen LogP contribution is 2.21. The third-order valence-corrected chi connectivity index (χ3v) is 3.15. The molecule has 7 heteroatoms. The van der Waals surface area contributed by atoms with Crippen molar-refractivity contribution >= 4 is 21.9 Å². The Morgan fingerprint density at radius 2 is 1.85 bits per heavy atom. The number of nitrogens with zero attached hydrogens (tertiary/aromatic N) is 2. The summed E-state index contributed by atoms with van der Waals surface area (Å²) in [5, 5.41) is 13.0. The molecule has 0 aliphatic rings. The zero-order valence-corrected chi connectivity index (χ0v) is 12.1. The Hall–Kier alpha value is -1.60. The van der Waals surface area contributed by atoms with Crippen molar-refractivity contribution in [1.29, 1.82) is 0 Å². The fraction of sp³-hybridized carbons (Fsp3) is 0.231. The molecule has 1 aromatic carbocycles. The lowest BCUT2D eigenvalue weighted by atomic mass is 10.0. The molecule has 0 fully saturated rings. The molecule has 106 valence electrons. The summed E-state index contributed by atoms with van der Waals surface area (Å²) in [7, 11) is 0. The minimum atomic E-state index is -1.02. The summed E-state index contributed by atoms with van der Waals surface area (Å²) in [5.41, 5.74) is 0.279. The van der Waals surface area contributed by atoms with E-state index in [0.717, 1.165) is 16.6 Å². The summed E-state index contributed by atoms with van der Waals surface area (Å²) in [6.07, 6.45) is 2.11. The molecule has 2 aromatic rings. The van der Waals surface area contributed by atoms with E-state index in [1.165, 1.54) is 6.07 Å². The highest BCUT2D eigenvalue weighted by molar-refractivity contribution is 9.10. The van der Waals surface area contributed by atoms with E-state index in [0.29, 0.717) is 5.95 Å². The molecular weight excluding hydrogens is 332 g/mol. The van der Waals surface area contributed by atoms with Crippen molar-refractivity contribution in [2.24, 2.45) is 0 Å². The number of nitrogens with one attached hydrogen (secondary N) is 1. The summed E-state index contributed by atoms with van der Waals surface area (Å²) >= 11 is 3.21. The van der Waals surface area contributed by atoms with E-state index >= 15 is 0 Å². The number of aliphatic hydroxyl groups excluding tert-OH is 1. The Bertz CT molecular complexity index is 595. The van der Waals surface area contributed by atoms with Crippen molar-refractivity contribution in [3.63, 3.8) is 0 Å². The monoisotopic (exact) mass is 343 g/mol. The number of anilines is 1. The molecule has 0 saturated carbocycles. The topological polar surface area (TPSA) is 58.0 Å². The first kappa shape index (κ1) is 14.8. The highest BCUT2D eigenvalue weighted by Gasteiger charge is 2.18. The van der Waals surface area contributed by atoms with Crippen LogP contribution in [-0.4, -0.2) is 21.1 Å². The highest BCUT2D eigenvalue weighted by atomic mass is 79.9. The Morgan fingerprint density at radius 1 is 1.20 bits per heavy atom. The van der Waals surface area contributed by atoms with Crippen molar-refractivity contribution < 1.29 is 13.9 Å². The van der Waals surface area contributed by atoms with Gasteiger partial charge in [0.1, 0.15) is 0 Å². The third-order valence-electron chi connectivity index (χ3n) is 2.74. The zero-order valence-electron chi connectivity index (χ0n) is 10.5.